The van der Waals surface area contributed by atoms with E-state index in [1.165, 1.54) is 11.1 Å². The molecule has 0 atom stereocenters. The number of rotatable bonds is 0. The summed E-state index contributed by atoms with van der Waals surface area (Å²) in [4.78, 5) is 0. The molecule has 0 saturated carbocycles. The molecule has 0 spiro atoms. The molecule has 1 heteroatoms. The van der Waals surface area contributed by atoms with Gasteiger partial charge < -0.3 is 0 Å². The van der Waals surface area contributed by atoms with Gasteiger partial charge in [-0.1, -0.05) is 0 Å². The summed E-state index contributed by atoms with van der Waals surface area (Å²) >= 11 is -0.413. The van der Waals surface area contributed by atoms with Crippen molar-refractivity contribution < 1.29 is 0 Å². The number of hydrogen-bond donors (Lipinski definition) is 0. The SMILES string of the molecule is c1ccc2[c](c1)[Po][c]1ccccc1-2. The second-order valence-electron chi connectivity index (χ2n) is 3.09. The van der Waals surface area contributed by atoms with E-state index in [0.717, 1.165) is 0 Å². The van der Waals surface area contributed by atoms with E-state index >= 15 is 0 Å². The van der Waals surface area contributed by atoms with Crippen molar-refractivity contribution in [2.24, 2.45) is 0 Å². The van der Waals surface area contributed by atoms with Gasteiger partial charge in [0.05, 0.1) is 0 Å². The molecule has 0 amide bonds. The van der Waals surface area contributed by atoms with Crippen LogP contribution in [0.5, 0.6) is 0 Å². The van der Waals surface area contributed by atoms with E-state index < -0.39 is 23.6 Å². The number of benzene rings is 2. The summed E-state index contributed by atoms with van der Waals surface area (Å²) in [6.45, 7) is 0. The maximum atomic E-state index is 2.29. The Bertz CT molecular complexity index is 417. The minimum atomic E-state index is -0.413. The van der Waals surface area contributed by atoms with Gasteiger partial charge in [-0.05, 0) is 0 Å². The summed E-state index contributed by atoms with van der Waals surface area (Å²) in [7, 11) is 0. The zero-order valence-electron chi connectivity index (χ0n) is 7.03. The van der Waals surface area contributed by atoms with Gasteiger partial charge in [-0.2, -0.15) is 0 Å². The van der Waals surface area contributed by atoms with Crippen LogP contribution in [0.25, 0.3) is 11.1 Å². The van der Waals surface area contributed by atoms with Crippen molar-refractivity contribution in [2.45, 2.75) is 0 Å². The molecule has 1 aliphatic rings. The number of hydrogen-bond acceptors (Lipinski definition) is 0. The van der Waals surface area contributed by atoms with Crippen LogP contribution < -0.4 is 6.44 Å². The molecule has 0 fully saturated rings. The zero-order valence-corrected chi connectivity index (χ0v) is 10.2. The first-order valence-corrected chi connectivity index (χ1v) is 7.49. The minimum absolute atomic E-state index is 0.413. The molecular weight excluding hydrogens is 353 g/mol. The Hall–Kier alpha value is -0.664. The van der Waals surface area contributed by atoms with Crippen LogP contribution in [-0.2, 0) is 0 Å². The predicted octanol–water partition coefficient (Wildman–Crippen LogP) is 1.32. The Kier molecular flexibility index (Phi) is 1.74. The van der Waals surface area contributed by atoms with E-state index in [1.54, 1.807) is 6.44 Å². The van der Waals surface area contributed by atoms with Gasteiger partial charge in [0.25, 0.3) is 0 Å². The standard InChI is InChI=1S/C12H8.Po/c1-3-7-11(8-4-1)12-9-5-2-6-10-12;/h1-7,9H;. The predicted molar refractivity (Wildman–Crippen MR) is 56.9 cm³/mol. The van der Waals surface area contributed by atoms with Crippen LogP contribution in [0.3, 0.4) is 0 Å². The molecule has 0 radical (unpaired) electrons. The summed E-state index contributed by atoms with van der Waals surface area (Å²) in [5, 5.41) is 0. The normalized spacial score (nSPS) is 12.3. The van der Waals surface area contributed by atoms with Gasteiger partial charge in [-0.15, -0.1) is 0 Å². The quantitative estimate of drug-likeness (QED) is 0.567. The molecule has 0 aliphatic carbocycles. The van der Waals surface area contributed by atoms with E-state index in [-0.39, 0.29) is 0 Å². The Balaban J connectivity index is 2.32. The van der Waals surface area contributed by atoms with Crippen molar-refractivity contribution in [3.63, 3.8) is 0 Å². The third-order valence-corrected chi connectivity index (χ3v) is 6.76. The van der Waals surface area contributed by atoms with Crippen molar-refractivity contribution in [3.05, 3.63) is 48.5 Å². The Morgan fingerprint density at radius 3 is 1.62 bits per heavy atom. The molecule has 0 N–H and O–H groups in total. The van der Waals surface area contributed by atoms with Crippen molar-refractivity contribution >= 4 is 30.0 Å². The molecule has 0 bridgehead atoms. The molecule has 0 nitrogen and oxygen atoms in total. The van der Waals surface area contributed by atoms with Crippen LogP contribution in [0, 0.1) is 0 Å². The van der Waals surface area contributed by atoms with Crippen LogP contribution in [-0.4, -0.2) is 23.6 Å². The average Bonchev–Trinajstić information content (AvgIpc) is 2.56. The fraction of sp³-hybridized carbons (Fsp3) is 0. The first kappa shape index (κ1) is 7.71. The van der Waals surface area contributed by atoms with Crippen LogP contribution >= 0.6 is 0 Å². The summed E-state index contributed by atoms with van der Waals surface area (Å²) in [5.74, 6) is 0. The summed E-state index contributed by atoms with van der Waals surface area (Å²) in [6.07, 6.45) is 0. The van der Waals surface area contributed by atoms with Crippen LogP contribution in [0.2, 0.25) is 0 Å². The molecular formula is C12H8Po. The molecule has 2 aromatic carbocycles. The van der Waals surface area contributed by atoms with Crippen LogP contribution in [0.1, 0.15) is 0 Å². The summed E-state index contributed by atoms with van der Waals surface area (Å²) in [5.41, 5.74) is 2.98. The second-order valence-corrected chi connectivity index (χ2v) is 7.31. The number of fused-ring (bicyclic) bond motifs is 3. The second kappa shape index (κ2) is 2.93. The van der Waals surface area contributed by atoms with Crippen molar-refractivity contribution in [1.29, 1.82) is 0 Å². The molecule has 0 aromatic heterocycles. The fourth-order valence-corrected chi connectivity index (χ4v) is 5.97. The first-order chi connectivity index (χ1) is 6.45. The van der Waals surface area contributed by atoms with Crippen LogP contribution in [0.15, 0.2) is 48.5 Å². The average molecular weight is 361 g/mol. The van der Waals surface area contributed by atoms with Gasteiger partial charge in [0.15, 0.2) is 0 Å². The van der Waals surface area contributed by atoms with Gasteiger partial charge in [0.1, 0.15) is 0 Å². The Labute approximate surface area is 89.4 Å². The summed E-state index contributed by atoms with van der Waals surface area (Å²) < 4.78 is 3.26. The maximum absolute atomic E-state index is 2.29. The van der Waals surface area contributed by atoms with Gasteiger partial charge in [-0.3, -0.25) is 0 Å². The fourth-order valence-electron chi connectivity index (χ4n) is 1.67. The molecule has 1 heterocycles. The molecule has 3 rings (SSSR count). The third kappa shape index (κ3) is 1.15. The monoisotopic (exact) mass is 361 g/mol. The van der Waals surface area contributed by atoms with Gasteiger partial charge in [0, 0.05) is 0 Å². The molecule has 2 aromatic rings. The molecule has 0 saturated heterocycles. The Morgan fingerprint density at radius 1 is 0.615 bits per heavy atom. The molecule has 13 heavy (non-hydrogen) atoms. The van der Waals surface area contributed by atoms with E-state index in [4.69, 9.17) is 0 Å². The Morgan fingerprint density at radius 2 is 1.08 bits per heavy atom. The third-order valence-electron chi connectivity index (χ3n) is 2.28. The molecule has 1 aliphatic heterocycles. The van der Waals surface area contributed by atoms with Gasteiger partial charge >= 0.3 is 89.7 Å². The zero-order chi connectivity index (χ0) is 8.67. The topological polar surface area (TPSA) is 0 Å². The van der Waals surface area contributed by atoms with E-state index in [2.05, 4.69) is 48.5 Å². The van der Waals surface area contributed by atoms with E-state index in [1.807, 2.05) is 0 Å². The molecule has 62 valence electrons. The van der Waals surface area contributed by atoms with Crippen molar-refractivity contribution in [3.8, 4) is 11.1 Å². The van der Waals surface area contributed by atoms with E-state index in [9.17, 15) is 0 Å². The first-order valence-electron chi connectivity index (χ1n) is 4.31. The summed E-state index contributed by atoms with van der Waals surface area (Å²) in [6, 6.07) is 17.7. The van der Waals surface area contributed by atoms with Crippen LogP contribution in [0.4, 0.5) is 0 Å². The van der Waals surface area contributed by atoms with Crippen molar-refractivity contribution in [2.75, 3.05) is 0 Å². The molecule has 0 unspecified atom stereocenters. The van der Waals surface area contributed by atoms with Gasteiger partial charge in [-0.25, -0.2) is 0 Å². The van der Waals surface area contributed by atoms with Crippen molar-refractivity contribution in [1.82, 2.24) is 0 Å². The van der Waals surface area contributed by atoms with E-state index in [0.29, 0.717) is 0 Å². The van der Waals surface area contributed by atoms with Gasteiger partial charge in [0.2, 0.25) is 0 Å².